The molecule has 0 N–H and O–H groups in total. The van der Waals surface area contributed by atoms with Crippen LogP contribution in [0.25, 0.3) is 11.4 Å². The highest BCUT2D eigenvalue weighted by Gasteiger charge is 2.24. The van der Waals surface area contributed by atoms with Gasteiger partial charge >= 0.3 is 5.97 Å². The van der Waals surface area contributed by atoms with Crippen molar-refractivity contribution >= 4 is 17.6 Å². The Morgan fingerprint density at radius 1 is 1.12 bits per heavy atom. The molecule has 1 heterocycles. The average molecular weight is 371 g/mol. The lowest BCUT2D eigenvalue weighted by Gasteiger charge is -2.13. The molecule has 5 nitrogen and oxygen atoms in total. The van der Waals surface area contributed by atoms with E-state index in [2.05, 4.69) is 4.98 Å². The van der Waals surface area contributed by atoms with Crippen molar-refractivity contribution in [3.63, 3.8) is 0 Å². The minimum absolute atomic E-state index is 0.196. The molecule has 0 fully saturated rings. The summed E-state index contributed by atoms with van der Waals surface area (Å²) in [4.78, 5) is 22.9. The van der Waals surface area contributed by atoms with E-state index in [1.165, 1.54) is 4.73 Å². The summed E-state index contributed by atoms with van der Waals surface area (Å²) in [7, 11) is 0. The molecular weight excluding hydrogens is 352 g/mol. The summed E-state index contributed by atoms with van der Waals surface area (Å²) < 4.78 is 6.61. The Bertz CT molecular complexity index is 907. The molecule has 0 amide bonds. The summed E-state index contributed by atoms with van der Waals surface area (Å²) in [5.41, 5.74) is 2.47. The van der Waals surface area contributed by atoms with E-state index >= 15 is 0 Å². The summed E-state index contributed by atoms with van der Waals surface area (Å²) in [5.74, 6) is 0.0667. The van der Waals surface area contributed by atoms with Gasteiger partial charge in [-0.25, -0.2) is 9.78 Å². The number of ether oxygens (including phenoxy) is 1. The van der Waals surface area contributed by atoms with Gasteiger partial charge in [-0.1, -0.05) is 60.1 Å². The number of aryl methyl sites for hydroxylation is 1. The first-order chi connectivity index (χ1) is 12.6. The lowest BCUT2D eigenvalue weighted by molar-refractivity contribution is 0.0426. The number of imidazole rings is 1. The first kappa shape index (κ1) is 18.0. The molecular formula is C20H19ClN2O3. The first-order valence-corrected chi connectivity index (χ1v) is 8.68. The van der Waals surface area contributed by atoms with Crippen LogP contribution in [0.5, 0.6) is 0 Å². The molecule has 0 saturated heterocycles. The van der Waals surface area contributed by atoms with Crippen molar-refractivity contribution in [2.75, 3.05) is 6.61 Å². The zero-order chi connectivity index (χ0) is 18.5. The number of hydrogen-bond acceptors (Lipinski definition) is 4. The predicted molar refractivity (Wildman–Crippen MR) is 100 cm³/mol. The van der Waals surface area contributed by atoms with Crippen LogP contribution in [-0.2, 0) is 11.3 Å². The number of halogens is 1. The van der Waals surface area contributed by atoms with Crippen LogP contribution in [0.15, 0.2) is 54.6 Å². The van der Waals surface area contributed by atoms with Gasteiger partial charge in [0.25, 0.3) is 0 Å². The first-order valence-electron chi connectivity index (χ1n) is 8.30. The number of nitrogens with zero attached hydrogens (tertiary/aromatic N) is 2. The van der Waals surface area contributed by atoms with Gasteiger partial charge in [0, 0.05) is 16.1 Å². The average Bonchev–Trinajstić information content (AvgIpc) is 2.98. The van der Waals surface area contributed by atoms with Crippen LogP contribution in [0.1, 0.15) is 28.7 Å². The second kappa shape index (κ2) is 8.06. The SMILES string of the molecule is CCOC(=O)c1c(C)nc(-c2ccccc2)n1OCc1ccccc1Cl. The van der Waals surface area contributed by atoms with Crippen LogP contribution in [0.2, 0.25) is 5.02 Å². The van der Waals surface area contributed by atoms with E-state index in [4.69, 9.17) is 21.2 Å². The molecule has 0 atom stereocenters. The molecule has 0 radical (unpaired) electrons. The van der Waals surface area contributed by atoms with E-state index in [1.807, 2.05) is 48.5 Å². The molecule has 134 valence electrons. The van der Waals surface area contributed by atoms with Crippen LogP contribution in [0, 0.1) is 6.92 Å². The highest BCUT2D eigenvalue weighted by Crippen LogP contribution is 2.23. The van der Waals surface area contributed by atoms with Gasteiger partial charge in [-0.15, -0.1) is 0 Å². The highest BCUT2D eigenvalue weighted by atomic mass is 35.5. The van der Waals surface area contributed by atoms with Crippen molar-refractivity contribution in [1.82, 2.24) is 9.71 Å². The van der Waals surface area contributed by atoms with Crippen molar-refractivity contribution in [2.24, 2.45) is 0 Å². The normalized spacial score (nSPS) is 10.6. The van der Waals surface area contributed by atoms with Gasteiger partial charge in [0.05, 0.1) is 12.3 Å². The Kier molecular flexibility index (Phi) is 5.58. The topological polar surface area (TPSA) is 53.3 Å². The van der Waals surface area contributed by atoms with Crippen molar-refractivity contribution in [3.8, 4) is 11.4 Å². The molecule has 0 unspecified atom stereocenters. The third-order valence-electron chi connectivity index (χ3n) is 3.82. The van der Waals surface area contributed by atoms with Crippen molar-refractivity contribution < 1.29 is 14.4 Å². The Morgan fingerprint density at radius 2 is 1.81 bits per heavy atom. The Hall–Kier alpha value is -2.79. The lowest BCUT2D eigenvalue weighted by Crippen LogP contribution is -2.20. The molecule has 3 rings (SSSR count). The van der Waals surface area contributed by atoms with E-state index in [-0.39, 0.29) is 18.9 Å². The van der Waals surface area contributed by atoms with Gasteiger partial charge in [0.1, 0.15) is 6.61 Å². The van der Waals surface area contributed by atoms with E-state index in [9.17, 15) is 4.79 Å². The predicted octanol–water partition coefficient (Wildman–Crippen LogP) is 4.32. The molecule has 26 heavy (non-hydrogen) atoms. The molecule has 0 saturated carbocycles. The molecule has 0 spiro atoms. The molecule has 2 aromatic carbocycles. The molecule has 3 aromatic rings. The summed E-state index contributed by atoms with van der Waals surface area (Å²) in [6.45, 7) is 3.99. The summed E-state index contributed by atoms with van der Waals surface area (Å²) in [6, 6.07) is 16.9. The Balaban J connectivity index is 2.02. The molecule has 0 aliphatic heterocycles. The molecule has 0 bridgehead atoms. The molecule has 0 aliphatic rings. The maximum absolute atomic E-state index is 12.4. The van der Waals surface area contributed by atoms with E-state index in [1.54, 1.807) is 19.9 Å². The Morgan fingerprint density at radius 3 is 2.50 bits per heavy atom. The van der Waals surface area contributed by atoms with Crippen LogP contribution in [0.3, 0.4) is 0 Å². The van der Waals surface area contributed by atoms with Crippen LogP contribution >= 0.6 is 11.6 Å². The molecule has 6 heteroatoms. The van der Waals surface area contributed by atoms with Gasteiger partial charge in [0.15, 0.2) is 11.5 Å². The number of hydrogen-bond donors (Lipinski definition) is 0. The second-order valence-corrected chi connectivity index (χ2v) is 6.02. The van der Waals surface area contributed by atoms with E-state index in [0.717, 1.165) is 11.1 Å². The number of benzene rings is 2. The van der Waals surface area contributed by atoms with Crippen molar-refractivity contribution in [3.05, 3.63) is 76.6 Å². The van der Waals surface area contributed by atoms with Crippen molar-refractivity contribution in [2.45, 2.75) is 20.5 Å². The van der Waals surface area contributed by atoms with Crippen LogP contribution in [0.4, 0.5) is 0 Å². The van der Waals surface area contributed by atoms with Crippen LogP contribution in [-0.4, -0.2) is 22.3 Å². The zero-order valence-corrected chi connectivity index (χ0v) is 15.4. The number of carbonyl (C=O) groups is 1. The number of aromatic nitrogens is 2. The maximum atomic E-state index is 12.4. The summed E-state index contributed by atoms with van der Waals surface area (Å²) in [6.07, 6.45) is 0. The monoisotopic (exact) mass is 370 g/mol. The number of carbonyl (C=O) groups excluding carboxylic acids is 1. The zero-order valence-electron chi connectivity index (χ0n) is 14.6. The highest BCUT2D eigenvalue weighted by molar-refractivity contribution is 6.31. The summed E-state index contributed by atoms with van der Waals surface area (Å²) in [5, 5.41) is 0.600. The van der Waals surface area contributed by atoms with Gasteiger partial charge < -0.3 is 9.57 Å². The fourth-order valence-electron chi connectivity index (χ4n) is 2.58. The maximum Gasteiger partial charge on any atom is 0.360 e. The minimum atomic E-state index is -0.473. The smallest absolute Gasteiger partial charge is 0.360 e. The fraction of sp³-hybridized carbons (Fsp3) is 0.200. The lowest BCUT2D eigenvalue weighted by atomic mass is 10.2. The second-order valence-electron chi connectivity index (χ2n) is 5.62. The van der Waals surface area contributed by atoms with Gasteiger partial charge in [-0.3, -0.25) is 0 Å². The quantitative estimate of drug-likeness (QED) is 0.606. The number of esters is 1. The molecule has 1 aromatic heterocycles. The third-order valence-corrected chi connectivity index (χ3v) is 4.19. The molecule has 0 aliphatic carbocycles. The fourth-order valence-corrected chi connectivity index (χ4v) is 2.77. The number of rotatable bonds is 6. The van der Waals surface area contributed by atoms with E-state index in [0.29, 0.717) is 16.5 Å². The standard InChI is InChI=1S/C20H19ClN2O3/c1-3-25-20(24)18-14(2)22-19(15-9-5-4-6-10-15)23(18)26-13-16-11-7-8-12-17(16)21/h4-12H,3,13H2,1-2H3. The Labute approximate surface area is 157 Å². The minimum Gasteiger partial charge on any atom is -0.461 e. The van der Waals surface area contributed by atoms with Crippen LogP contribution < -0.4 is 4.84 Å². The van der Waals surface area contributed by atoms with Gasteiger partial charge in [-0.2, -0.15) is 4.73 Å². The van der Waals surface area contributed by atoms with Crippen molar-refractivity contribution in [1.29, 1.82) is 0 Å². The van der Waals surface area contributed by atoms with Gasteiger partial charge in [-0.05, 0) is 19.9 Å². The van der Waals surface area contributed by atoms with E-state index < -0.39 is 5.97 Å². The summed E-state index contributed by atoms with van der Waals surface area (Å²) >= 11 is 6.21. The largest absolute Gasteiger partial charge is 0.461 e. The third kappa shape index (κ3) is 3.73. The van der Waals surface area contributed by atoms with Gasteiger partial charge in [0.2, 0.25) is 0 Å².